The van der Waals surface area contributed by atoms with Crippen LogP contribution in [-0.4, -0.2) is 9.97 Å². The summed E-state index contributed by atoms with van der Waals surface area (Å²) in [7, 11) is 0. The van der Waals surface area contributed by atoms with Crippen LogP contribution >= 0.6 is 11.3 Å². The normalized spacial score (nSPS) is 11.5. The molecular weight excluding hydrogens is 296 g/mol. The van der Waals surface area contributed by atoms with Crippen LogP contribution in [-0.2, 0) is 6.42 Å². The first-order chi connectivity index (χ1) is 10.6. The quantitative estimate of drug-likeness (QED) is 0.591. The van der Waals surface area contributed by atoms with Gasteiger partial charge in [0.15, 0.2) is 0 Å². The first-order valence-electron chi connectivity index (χ1n) is 6.88. The van der Waals surface area contributed by atoms with Gasteiger partial charge in [-0.2, -0.15) is 0 Å². The number of nitrogens with two attached hydrogens (primary N) is 2. The van der Waals surface area contributed by atoms with E-state index in [9.17, 15) is 0 Å². The van der Waals surface area contributed by atoms with Crippen LogP contribution in [0.2, 0.25) is 0 Å². The molecule has 0 aliphatic carbocycles. The predicted molar refractivity (Wildman–Crippen MR) is 90.0 cm³/mol. The summed E-state index contributed by atoms with van der Waals surface area (Å²) in [6.45, 7) is 1.90. The lowest BCUT2D eigenvalue weighted by Crippen LogP contribution is -1.96. The molecule has 22 heavy (non-hydrogen) atoms. The third-order valence-electron chi connectivity index (χ3n) is 3.60. The molecule has 0 spiro atoms. The van der Waals surface area contributed by atoms with Crippen molar-refractivity contribution in [3.8, 4) is 0 Å². The molecule has 6 heteroatoms. The number of nitrogen functional groups attached to an aromatic ring is 2. The van der Waals surface area contributed by atoms with E-state index in [1.807, 2.05) is 25.1 Å². The molecule has 4 N–H and O–H groups in total. The maximum Gasteiger partial charge on any atom is 0.139 e. The molecule has 0 saturated heterocycles. The second-order valence-corrected chi connectivity index (χ2v) is 6.43. The van der Waals surface area contributed by atoms with Gasteiger partial charge in [-0.25, -0.2) is 9.97 Å². The van der Waals surface area contributed by atoms with Crippen LogP contribution in [0.25, 0.3) is 21.1 Å². The molecule has 0 atom stereocenters. The number of aromatic nitrogens is 2. The molecule has 4 heterocycles. The topological polar surface area (TPSA) is 91.0 Å². The third-order valence-corrected chi connectivity index (χ3v) is 4.70. The molecule has 4 aromatic heterocycles. The number of hydrogen-bond acceptors (Lipinski definition) is 6. The van der Waals surface area contributed by atoms with Gasteiger partial charge in [-0.3, -0.25) is 0 Å². The summed E-state index contributed by atoms with van der Waals surface area (Å²) in [4.78, 5) is 9.77. The van der Waals surface area contributed by atoms with Gasteiger partial charge in [0.05, 0.1) is 11.1 Å². The monoisotopic (exact) mass is 310 g/mol. The first kappa shape index (κ1) is 13.1. The molecule has 110 valence electrons. The van der Waals surface area contributed by atoms with E-state index in [0.29, 0.717) is 18.1 Å². The Morgan fingerprint density at radius 2 is 2.00 bits per heavy atom. The van der Waals surface area contributed by atoms with Crippen LogP contribution in [0.15, 0.2) is 34.9 Å². The summed E-state index contributed by atoms with van der Waals surface area (Å²) in [6.07, 6.45) is 2.42. The van der Waals surface area contributed by atoms with Crippen LogP contribution in [0.3, 0.4) is 0 Å². The van der Waals surface area contributed by atoms with Gasteiger partial charge in [0.1, 0.15) is 23.0 Å². The molecule has 4 aromatic rings. The van der Waals surface area contributed by atoms with Crippen LogP contribution in [0.5, 0.6) is 0 Å². The standard InChI is InChI=1S/C16H14N4OS/c1-8-4-11-13(21-8)6-9(20-16(11)18)5-10-7-12-14(22-10)2-3-19-15(12)17/h2-4,6-7H,5H2,1H3,(H2,17,19)(H2,18,20). The van der Waals surface area contributed by atoms with Crippen LogP contribution in [0.1, 0.15) is 16.3 Å². The van der Waals surface area contributed by atoms with E-state index in [1.165, 1.54) is 4.88 Å². The van der Waals surface area contributed by atoms with Crippen LogP contribution in [0, 0.1) is 6.92 Å². The Bertz CT molecular complexity index is 1000. The van der Waals surface area contributed by atoms with Crippen molar-refractivity contribution in [2.75, 3.05) is 11.5 Å². The average Bonchev–Trinajstić information content (AvgIpc) is 3.02. The zero-order valence-corrected chi connectivity index (χ0v) is 12.8. The van der Waals surface area contributed by atoms with Gasteiger partial charge < -0.3 is 15.9 Å². The first-order valence-corrected chi connectivity index (χ1v) is 7.70. The Morgan fingerprint density at radius 1 is 1.14 bits per heavy atom. The summed E-state index contributed by atoms with van der Waals surface area (Å²) in [5, 5.41) is 1.86. The second kappa shape index (κ2) is 4.71. The van der Waals surface area contributed by atoms with Crippen molar-refractivity contribution in [1.82, 2.24) is 9.97 Å². The number of thiophene rings is 1. The molecule has 0 aliphatic heterocycles. The number of fused-ring (bicyclic) bond motifs is 2. The maximum atomic E-state index is 6.03. The summed E-state index contributed by atoms with van der Waals surface area (Å²) < 4.78 is 6.79. The van der Waals surface area contributed by atoms with E-state index in [4.69, 9.17) is 15.9 Å². The van der Waals surface area contributed by atoms with Gasteiger partial charge in [-0.1, -0.05) is 0 Å². The Labute approximate surface area is 130 Å². The molecular formula is C16H14N4OS. The fraction of sp³-hybridized carbons (Fsp3) is 0.125. The SMILES string of the molecule is Cc1cc2c(N)nc(Cc3cc4c(N)nccc4s3)cc2o1. The fourth-order valence-electron chi connectivity index (χ4n) is 2.63. The number of hydrogen-bond donors (Lipinski definition) is 2. The molecule has 0 bridgehead atoms. The maximum absolute atomic E-state index is 6.03. The molecule has 0 unspecified atom stereocenters. The van der Waals surface area contributed by atoms with Gasteiger partial charge >= 0.3 is 0 Å². The van der Waals surface area contributed by atoms with E-state index in [-0.39, 0.29) is 0 Å². The van der Waals surface area contributed by atoms with E-state index >= 15 is 0 Å². The van der Waals surface area contributed by atoms with E-state index < -0.39 is 0 Å². The minimum absolute atomic E-state index is 0.506. The van der Waals surface area contributed by atoms with Gasteiger partial charge in [-0.05, 0) is 25.1 Å². The van der Waals surface area contributed by atoms with Crippen molar-refractivity contribution >= 4 is 44.0 Å². The minimum Gasteiger partial charge on any atom is -0.461 e. The number of furan rings is 1. The minimum atomic E-state index is 0.506. The Balaban J connectivity index is 1.76. The number of pyridine rings is 2. The largest absolute Gasteiger partial charge is 0.461 e. The summed E-state index contributed by atoms with van der Waals surface area (Å²) in [5.41, 5.74) is 13.6. The van der Waals surface area contributed by atoms with E-state index in [0.717, 1.165) is 32.5 Å². The molecule has 0 saturated carbocycles. The number of aryl methyl sites for hydroxylation is 1. The molecule has 5 nitrogen and oxygen atoms in total. The zero-order chi connectivity index (χ0) is 15.3. The number of nitrogens with zero attached hydrogens (tertiary/aromatic N) is 2. The Hall–Kier alpha value is -2.60. The highest BCUT2D eigenvalue weighted by molar-refractivity contribution is 7.19. The van der Waals surface area contributed by atoms with Crippen molar-refractivity contribution in [3.63, 3.8) is 0 Å². The smallest absolute Gasteiger partial charge is 0.139 e. The van der Waals surface area contributed by atoms with Gasteiger partial charge in [0.2, 0.25) is 0 Å². The highest BCUT2D eigenvalue weighted by Gasteiger charge is 2.11. The van der Waals surface area contributed by atoms with Crippen molar-refractivity contribution in [3.05, 3.63) is 46.8 Å². The average molecular weight is 310 g/mol. The molecule has 0 aliphatic rings. The predicted octanol–water partition coefficient (Wildman–Crippen LogP) is 3.50. The zero-order valence-electron chi connectivity index (χ0n) is 12.0. The molecule has 0 radical (unpaired) electrons. The molecule has 0 aromatic carbocycles. The van der Waals surface area contributed by atoms with Crippen LogP contribution < -0.4 is 11.5 Å². The Morgan fingerprint density at radius 3 is 2.82 bits per heavy atom. The van der Waals surface area contributed by atoms with E-state index in [1.54, 1.807) is 17.5 Å². The number of anilines is 2. The summed E-state index contributed by atoms with van der Waals surface area (Å²) in [5.74, 6) is 1.90. The lowest BCUT2D eigenvalue weighted by molar-refractivity contribution is 0.578. The number of rotatable bonds is 2. The van der Waals surface area contributed by atoms with Gasteiger partial charge in [-0.15, -0.1) is 11.3 Å². The lowest BCUT2D eigenvalue weighted by atomic mass is 10.2. The van der Waals surface area contributed by atoms with Gasteiger partial charge in [0.25, 0.3) is 0 Å². The van der Waals surface area contributed by atoms with Crippen molar-refractivity contribution in [2.24, 2.45) is 0 Å². The van der Waals surface area contributed by atoms with Gasteiger partial charge in [0, 0.05) is 33.6 Å². The lowest BCUT2D eigenvalue weighted by Gasteiger charge is -2.01. The highest BCUT2D eigenvalue weighted by Crippen LogP contribution is 2.31. The molecule has 4 rings (SSSR count). The second-order valence-electron chi connectivity index (χ2n) is 5.27. The fourth-order valence-corrected chi connectivity index (χ4v) is 3.71. The third kappa shape index (κ3) is 2.08. The molecule has 0 amide bonds. The molecule has 0 fully saturated rings. The van der Waals surface area contributed by atoms with Crippen molar-refractivity contribution in [1.29, 1.82) is 0 Å². The highest BCUT2D eigenvalue weighted by atomic mass is 32.1. The van der Waals surface area contributed by atoms with Crippen LogP contribution in [0.4, 0.5) is 11.6 Å². The van der Waals surface area contributed by atoms with E-state index in [2.05, 4.69) is 16.0 Å². The van der Waals surface area contributed by atoms with Crippen molar-refractivity contribution < 1.29 is 4.42 Å². The Kier molecular flexibility index (Phi) is 2.80. The summed E-state index contributed by atoms with van der Waals surface area (Å²) in [6, 6.07) is 7.90. The van der Waals surface area contributed by atoms with Crippen molar-refractivity contribution in [2.45, 2.75) is 13.3 Å². The summed E-state index contributed by atoms with van der Waals surface area (Å²) >= 11 is 1.69.